The van der Waals surface area contributed by atoms with Gasteiger partial charge in [-0.05, 0) is 41.5 Å². The molecule has 5 nitrogen and oxygen atoms in total. The lowest BCUT2D eigenvalue weighted by molar-refractivity contribution is 0.211. The molecule has 1 fully saturated rings. The molecule has 1 aromatic heterocycles. The fourth-order valence-electron chi connectivity index (χ4n) is 3.52. The monoisotopic (exact) mass is 360 g/mol. The molecule has 0 radical (unpaired) electrons. The predicted octanol–water partition coefficient (Wildman–Crippen LogP) is 3.97. The van der Waals surface area contributed by atoms with Crippen molar-refractivity contribution in [3.63, 3.8) is 0 Å². The summed E-state index contributed by atoms with van der Waals surface area (Å²) in [4.78, 5) is 21.4. The van der Waals surface area contributed by atoms with Crippen LogP contribution in [0.25, 0.3) is 10.8 Å². The quantitative estimate of drug-likeness (QED) is 0.769. The fraction of sp³-hybridized carbons (Fsp3) is 0.273. The minimum atomic E-state index is -0.0232. The summed E-state index contributed by atoms with van der Waals surface area (Å²) in [6, 6.07) is 20.2. The number of urea groups is 1. The first kappa shape index (κ1) is 17.5. The maximum atomic E-state index is 12.7. The van der Waals surface area contributed by atoms with Crippen LogP contribution in [0.1, 0.15) is 12.1 Å². The van der Waals surface area contributed by atoms with E-state index in [0.717, 1.165) is 55.9 Å². The number of hydrogen-bond acceptors (Lipinski definition) is 3. The lowest BCUT2D eigenvalue weighted by atomic mass is 10.1. The molecule has 0 atom stereocenters. The summed E-state index contributed by atoms with van der Waals surface area (Å²) in [5.41, 5.74) is 1.92. The van der Waals surface area contributed by atoms with E-state index >= 15 is 0 Å². The number of nitrogens with zero attached hydrogens (tertiary/aromatic N) is 3. The molecule has 0 unspecified atom stereocenters. The smallest absolute Gasteiger partial charge is 0.321 e. The number of fused-ring (bicyclic) bond motifs is 1. The maximum Gasteiger partial charge on any atom is 0.321 e. The van der Waals surface area contributed by atoms with Gasteiger partial charge in [0, 0.05) is 44.6 Å². The first-order chi connectivity index (χ1) is 13.3. The van der Waals surface area contributed by atoms with E-state index in [1.807, 2.05) is 53.6 Å². The van der Waals surface area contributed by atoms with E-state index in [2.05, 4.69) is 33.4 Å². The first-order valence-electron chi connectivity index (χ1n) is 9.45. The lowest BCUT2D eigenvalue weighted by Gasteiger charge is -2.22. The summed E-state index contributed by atoms with van der Waals surface area (Å²) in [5.74, 6) is 0. The van der Waals surface area contributed by atoms with E-state index in [1.54, 1.807) is 0 Å². The van der Waals surface area contributed by atoms with Crippen molar-refractivity contribution in [3.05, 3.63) is 72.6 Å². The van der Waals surface area contributed by atoms with Gasteiger partial charge in [-0.2, -0.15) is 0 Å². The number of hydrogen-bond donors (Lipinski definition) is 1. The zero-order valence-electron chi connectivity index (χ0n) is 15.3. The molecule has 2 heterocycles. The molecular formula is C22H24N4O. The third-order valence-corrected chi connectivity index (χ3v) is 4.99. The molecule has 5 heteroatoms. The largest absolute Gasteiger partial charge is 0.323 e. The van der Waals surface area contributed by atoms with Crippen LogP contribution in [0.5, 0.6) is 0 Å². The predicted molar refractivity (Wildman–Crippen MR) is 109 cm³/mol. The Labute approximate surface area is 159 Å². The molecule has 2 aromatic carbocycles. The summed E-state index contributed by atoms with van der Waals surface area (Å²) in [6.45, 7) is 4.18. The van der Waals surface area contributed by atoms with Crippen LogP contribution in [-0.2, 0) is 6.54 Å². The van der Waals surface area contributed by atoms with E-state index in [9.17, 15) is 4.79 Å². The Morgan fingerprint density at radius 2 is 1.78 bits per heavy atom. The average molecular weight is 360 g/mol. The van der Waals surface area contributed by atoms with Gasteiger partial charge in [-0.1, -0.05) is 36.4 Å². The highest BCUT2D eigenvalue weighted by Gasteiger charge is 2.19. The molecule has 1 aliphatic rings. The van der Waals surface area contributed by atoms with Crippen molar-refractivity contribution in [1.29, 1.82) is 0 Å². The number of amides is 2. The van der Waals surface area contributed by atoms with Gasteiger partial charge in [0.2, 0.25) is 0 Å². The zero-order chi connectivity index (χ0) is 18.5. The van der Waals surface area contributed by atoms with Crippen LogP contribution < -0.4 is 5.32 Å². The molecule has 0 aliphatic carbocycles. The topological polar surface area (TPSA) is 48.5 Å². The summed E-state index contributed by atoms with van der Waals surface area (Å²) >= 11 is 0. The number of pyridine rings is 1. The second-order valence-electron chi connectivity index (χ2n) is 6.93. The molecule has 138 valence electrons. The van der Waals surface area contributed by atoms with Crippen molar-refractivity contribution < 1.29 is 4.79 Å². The molecule has 0 saturated carbocycles. The summed E-state index contributed by atoms with van der Waals surface area (Å²) in [7, 11) is 0. The van der Waals surface area contributed by atoms with Crippen LogP contribution in [0.4, 0.5) is 10.5 Å². The van der Waals surface area contributed by atoms with E-state index < -0.39 is 0 Å². The van der Waals surface area contributed by atoms with Crippen molar-refractivity contribution in [2.75, 3.05) is 31.5 Å². The number of benzene rings is 2. The highest BCUT2D eigenvalue weighted by atomic mass is 16.2. The van der Waals surface area contributed by atoms with Crippen LogP contribution in [0.2, 0.25) is 0 Å². The molecular weight excluding hydrogens is 336 g/mol. The molecule has 0 bridgehead atoms. The fourth-order valence-corrected chi connectivity index (χ4v) is 3.52. The summed E-state index contributed by atoms with van der Waals surface area (Å²) < 4.78 is 0. The minimum absolute atomic E-state index is 0.0232. The van der Waals surface area contributed by atoms with Gasteiger partial charge in [-0.15, -0.1) is 0 Å². The third-order valence-electron chi connectivity index (χ3n) is 4.99. The second kappa shape index (κ2) is 8.18. The van der Waals surface area contributed by atoms with Gasteiger partial charge in [-0.3, -0.25) is 9.88 Å². The normalized spacial score (nSPS) is 15.5. The number of carbonyl (C=O) groups is 1. The van der Waals surface area contributed by atoms with Crippen molar-refractivity contribution >= 4 is 22.5 Å². The van der Waals surface area contributed by atoms with Crippen LogP contribution in [0.15, 0.2) is 66.9 Å². The zero-order valence-corrected chi connectivity index (χ0v) is 15.3. The second-order valence-corrected chi connectivity index (χ2v) is 6.93. The number of anilines is 1. The summed E-state index contributed by atoms with van der Waals surface area (Å²) in [6.07, 6.45) is 2.80. The van der Waals surface area contributed by atoms with Crippen molar-refractivity contribution in [2.24, 2.45) is 0 Å². The van der Waals surface area contributed by atoms with E-state index in [0.29, 0.717) is 0 Å². The minimum Gasteiger partial charge on any atom is -0.323 e. The van der Waals surface area contributed by atoms with Gasteiger partial charge in [0.25, 0.3) is 0 Å². The van der Waals surface area contributed by atoms with Crippen LogP contribution >= 0.6 is 0 Å². The Kier molecular flexibility index (Phi) is 5.30. The molecule has 4 rings (SSSR count). The van der Waals surface area contributed by atoms with Crippen molar-refractivity contribution in [2.45, 2.75) is 13.0 Å². The lowest BCUT2D eigenvalue weighted by Crippen LogP contribution is -2.38. The SMILES string of the molecule is O=C(Nc1ccc2ccccc2c1)N1CCCN(Cc2ccccn2)CC1. The molecule has 1 N–H and O–H groups in total. The van der Waals surface area contributed by atoms with E-state index in [4.69, 9.17) is 0 Å². The first-order valence-corrected chi connectivity index (χ1v) is 9.45. The highest BCUT2D eigenvalue weighted by molar-refractivity contribution is 5.93. The number of aromatic nitrogens is 1. The van der Waals surface area contributed by atoms with Gasteiger partial charge in [0.15, 0.2) is 0 Å². The van der Waals surface area contributed by atoms with Crippen molar-refractivity contribution in [1.82, 2.24) is 14.8 Å². The number of carbonyl (C=O) groups excluding carboxylic acids is 1. The van der Waals surface area contributed by atoms with Crippen LogP contribution in [-0.4, -0.2) is 47.0 Å². The molecule has 27 heavy (non-hydrogen) atoms. The maximum absolute atomic E-state index is 12.7. The van der Waals surface area contributed by atoms with Gasteiger partial charge in [0.1, 0.15) is 0 Å². The Bertz CT molecular complexity index is 912. The Morgan fingerprint density at radius 1 is 0.926 bits per heavy atom. The molecule has 0 spiro atoms. The number of nitrogens with one attached hydrogen (secondary N) is 1. The van der Waals surface area contributed by atoms with Crippen LogP contribution in [0.3, 0.4) is 0 Å². The number of rotatable bonds is 3. The van der Waals surface area contributed by atoms with Gasteiger partial charge >= 0.3 is 6.03 Å². The molecule has 1 saturated heterocycles. The molecule has 3 aromatic rings. The standard InChI is InChI=1S/C22H24N4O/c27-22(24-20-10-9-18-6-1-2-7-19(18)16-20)26-13-5-12-25(14-15-26)17-21-8-3-4-11-23-21/h1-4,6-11,16H,5,12-15,17H2,(H,24,27). The Hall–Kier alpha value is -2.92. The van der Waals surface area contributed by atoms with Gasteiger partial charge in [0.05, 0.1) is 5.69 Å². The van der Waals surface area contributed by atoms with Crippen LogP contribution in [0, 0.1) is 0 Å². The van der Waals surface area contributed by atoms with E-state index in [1.165, 1.54) is 5.39 Å². The van der Waals surface area contributed by atoms with E-state index in [-0.39, 0.29) is 6.03 Å². The van der Waals surface area contributed by atoms with Gasteiger partial charge < -0.3 is 10.2 Å². The Balaban J connectivity index is 1.36. The van der Waals surface area contributed by atoms with Gasteiger partial charge in [-0.25, -0.2) is 4.79 Å². The molecule has 2 amide bonds. The third kappa shape index (κ3) is 4.44. The highest BCUT2D eigenvalue weighted by Crippen LogP contribution is 2.19. The van der Waals surface area contributed by atoms with Crippen molar-refractivity contribution in [3.8, 4) is 0 Å². The summed E-state index contributed by atoms with van der Waals surface area (Å²) in [5, 5.41) is 5.36. The molecule has 1 aliphatic heterocycles. The Morgan fingerprint density at radius 3 is 2.63 bits per heavy atom. The average Bonchev–Trinajstić information content (AvgIpc) is 2.94.